The zero-order valence-corrected chi connectivity index (χ0v) is 19.9. The minimum Gasteiger partial charge on any atom is -0.458 e. The summed E-state index contributed by atoms with van der Waals surface area (Å²) in [7, 11) is 0. The molecule has 168 valence electrons. The van der Waals surface area contributed by atoms with Crippen LogP contribution in [0, 0.1) is 28.6 Å². The standard InChI is InChI=1S/C26H33BrO4/c1-24-11-10-20-18(13-22-26(27)14-17(28)9-12-25(20,26)15-30-22)19(24)7-8-21(24)31-23(29)16-5-3-2-4-6-16/h2-6,17-22,28H,7-15H2,1H3/t17-,18+,19+,20+,21-,22+,24-,25-,26-/m0/s1. The first-order valence-corrected chi connectivity index (χ1v) is 12.9. The lowest BCUT2D eigenvalue weighted by molar-refractivity contribution is -0.114. The Morgan fingerprint density at radius 1 is 1.13 bits per heavy atom. The minimum absolute atomic E-state index is 0.00561. The second-order valence-corrected chi connectivity index (χ2v) is 12.6. The third kappa shape index (κ3) is 2.75. The smallest absolute Gasteiger partial charge is 0.338 e. The maximum absolute atomic E-state index is 12.8. The van der Waals surface area contributed by atoms with Crippen molar-refractivity contribution in [2.75, 3.05) is 6.61 Å². The predicted molar refractivity (Wildman–Crippen MR) is 121 cm³/mol. The Morgan fingerprint density at radius 2 is 1.94 bits per heavy atom. The molecule has 0 aromatic heterocycles. The second-order valence-electron chi connectivity index (χ2n) is 11.2. The summed E-state index contributed by atoms with van der Waals surface area (Å²) in [4.78, 5) is 12.8. The van der Waals surface area contributed by atoms with Crippen molar-refractivity contribution in [1.29, 1.82) is 0 Å². The molecule has 4 aliphatic carbocycles. The van der Waals surface area contributed by atoms with Crippen LogP contribution in [0.2, 0.25) is 0 Å². The van der Waals surface area contributed by atoms with E-state index < -0.39 is 0 Å². The van der Waals surface area contributed by atoms with Crippen LogP contribution in [0.3, 0.4) is 0 Å². The Balaban J connectivity index is 1.26. The lowest BCUT2D eigenvalue weighted by Crippen LogP contribution is -2.63. The average molecular weight is 489 g/mol. The summed E-state index contributed by atoms with van der Waals surface area (Å²) in [6.45, 7) is 3.22. The quantitative estimate of drug-likeness (QED) is 0.463. The van der Waals surface area contributed by atoms with Crippen LogP contribution in [0.15, 0.2) is 30.3 Å². The van der Waals surface area contributed by atoms with Crippen molar-refractivity contribution in [2.24, 2.45) is 28.6 Å². The number of hydrogen-bond donors (Lipinski definition) is 1. The first kappa shape index (κ1) is 20.7. The highest BCUT2D eigenvalue weighted by Gasteiger charge is 2.72. The van der Waals surface area contributed by atoms with E-state index in [9.17, 15) is 9.90 Å². The third-order valence-electron chi connectivity index (χ3n) is 10.1. The molecule has 5 heteroatoms. The van der Waals surface area contributed by atoms with Gasteiger partial charge in [0, 0.05) is 10.8 Å². The van der Waals surface area contributed by atoms with E-state index in [1.807, 2.05) is 30.3 Å². The van der Waals surface area contributed by atoms with E-state index in [1.165, 1.54) is 6.42 Å². The molecule has 1 heterocycles. The number of ether oxygens (including phenoxy) is 2. The summed E-state index contributed by atoms with van der Waals surface area (Å²) in [6, 6.07) is 9.41. The van der Waals surface area contributed by atoms with Gasteiger partial charge in [-0.1, -0.05) is 41.1 Å². The normalized spacial score (nSPS) is 50.3. The summed E-state index contributed by atoms with van der Waals surface area (Å²) >= 11 is 4.16. The van der Waals surface area contributed by atoms with Crippen LogP contribution < -0.4 is 0 Å². The van der Waals surface area contributed by atoms with Crippen LogP contribution in [0.5, 0.6) is 0 Å². The molecule has 0 radical (unpaired) electrons. The number of fused-ring (bicyclic) bond motifs is 3. The third-order valence-corrected chi connectivity index (χ3v) is 11.8. The van der Waals surface area contributed by atoms with Crippen molar-refractivity contribution < 1.29 is 19.4 Å². The van der Waals surface area contributed by atoms with Gasteiger partial charge in [-0.2, -0.15) is 0 Å². The van der Waals surface area contributed by atoms with Crippen molar-refractivity contribution in [3.63, 3.8) is 0 Å². The number of benzene rings is 1. The molecule has 9 atom stereocenters. The van der Waals surface area contributed by atoms with E-state index in [4.69, 9.17) is 9.47 Å². The van der Waals surface area contributed by atoms with E-state index in [1.54, 1.807) is 0 Å². The summed E-state index contributed by atoms with van der Waals surface area (Å²) in [5.74, 6) is 1.68. The highest BCUT2D eigenvalue weighted by atomic mass is 79.9. The van der Waals surface area contributed by atoms with Crippen LogP contribution in [0.25, 0.3) is 0 Å². The molecule has 4 saturated carbocycles. The van der Waals surface area contributed by atoms with E-state index >= 15 is 0 Å². The van der Waals surface area contributed by atoms with Gasteiger partial charge in [-0.3, -0.25) is 0 Å². The molecule has 1 saturated heterocycles. The van der Waals surface area contributed by atoms with Gasteiger partial charge in [-0.05, 0) is 81.3 Å². The van der Waals surface area contributed by atoms with Gasteiger partial charge in [0.2, 0.25) is 0 Å². The molecule has 1 aliphatic heterocycles. The predicted octanol–water partition coefficient (Wildman–Crippen LogP) is 5.12. The van der Waals surface area contributed by atoms with Gasteiger partial charge >= 0.3 is 5.97 Å². The summed E-state index contributed by atoms with van der Waals surface area (Å²) in [5, 5.41) is 10.4. The number of hydrogen-bond acceptors (Lipinski definition) is 4. The molecule has 6 rings (SSSR count). The largest absolute Gasteiger partial charge is 0.458 e. The molecular formula is C26H33BrO4. The van der Waals surface area contributed by atoms with Crippen molar-refractivity contribution in [1.82, 2.24) is 0 Å². The van der Waals surface area contributed by atoms with Gasteiger partial charge in [-0.25, -0.2) is 4.79 Å². The number of aliphatic hydroxyl groups excluding tert-OH is 1. The van der Waals surface area contributed by atoms with Crippen molar-refractivity contribution in [3.8, 4) is 0 Å². The Labute approximate surface area is 193 Å². The van der Waals surface area contributed by atoms with Crippen LogP contribution in [-0.4, -0.2) is 40.3 Å². The van der Waals surface area contributed by atoms with Gasteiger partial charge in [0.25, 0.3) is 0 Å². The topological polar surface area (TPSA) is 55.8 Å². The Kier molecular flexibility index (Phi) is 4.70. The summed E-state index contributed by atoms with van der Waals surface area (Å²) < 4.78 is 12.5. The molecule has 0 spiro atoms. The Morgan fingerprint density at radius 3 is 2.74 bits per heavy atom. The number of halogens is 1. The Hall–Kier alpha value is -0.910. The first-order valence-electron chi connectivity index (χ1n) is 12.1. The van der Waals surface area contributed by atoms with E-state index in [0.29, 0.717) is 23.3 Å². The van der Waals surface area contributed by atoms with E-state index in [2.05, 4.69) is 22.9 Å². The Bertz CT molecular complexity index is 875. The molecule has 31 heavy (non-hydrogen) atoms. The number of esters is 1. The number of carbonyl (C=O) groups is 1. The monoisotopic (exact) mass is 488 g/mol. The second kappa shape index (κ2) is 7.04. The number of rotatable bonds is 2. The van der Waals surface area contributed by atoms with Gasteiger partial charge in [0.05, 0.1) is 28.7 Å². The van der Waals surface area contributed by atoms with Crippen molar-refractivity contribution in [3.05, 3.63) is 35.9 Å². The zero-order valence-electron chi connectivity index (χ0n) is 18.3. The number of aliphatic hydroxyl groups is 1. The molecule has 5 fully saturated rings. The fraction of sp³-hybridized carbons (Fsp3) is 0.731. The molecule has 1 aromatic rings. The molecule has 5 aliphatic rings. The highest BCUT2D eigenvalue weighted by molar-refractivity contribution is 9.10. The van der Waals surface area contributed by atoms with E-state index in [0.717, 1.165) is 51.6 Å². The zero-order chi connectivity index (χ0) is 21.4. The van der Waals surface area contributed by atoms with Gasteiger partial charge in [-0.15, -0.1) is 0 Å². The van der Waals surface area contributed by atoms with Crippen molar-refractivity contribution >= 4 is 21.9 Å². The molecule has 0 amide bonds. The number of alkyl halides is 1. The maximum atomic E-state index is 12.8. The van der Waals surface area contributed by atoms with E-state index in [-0.39, 0.29) is 39.4 Å². The summed E-state index contributed by atoms with van der Waals surface area (Å²) in [5.41, 5.74) is 0.860. The summed E-state index contributed by atoms with van der Waals surface area (Å²) in [6.07, 6.45) is 8.24. The SMILES string of the molecule is C[C@]12CC[C@@H]3[C@H](C[C@H]4OC[C@@]35CC[C@H](O)C[C@]45Br)[C@H]1CC[C@@H]2OC(=O)c1ccccc1. The van der Waals surface area contributed by atoms with Gasteiger partial charge in [0.1, 0.15) is 6.10 Å². The van der Waals surface area contributed by atoms with Crippen molar-refractivity contribution in [2.45, 2.75) is 80.9 Å². The van der Waals surface area contributed by atoms with Crippen LogP contribution in [0.1, 0.15) is 68.6 Å². The van der Waals surface area contributed by atoms with Gasteiger partial charge < -0.3 is 14.6 Å². The maximum Gasteiger partial charge on any atom is 0.338 e. The molecule has 1 aromatic carbocycles. The minimum atomic E-state index is -0.213. The molecule has 4 nitrogen and oxygen atoms in total. The first-order chi connectivity index (χ1) is 14.9. The van der Waals surface area contributed by atoms with Crippen LogP contribution in [-0.2, 0) is 9.47 Å². The fourth-order valence-corrected chi connectivity index (χ4v) is 9.93. The number of carbonyl (C=O) groups excluding carboxylic acids is 1. The highest BCUT2D eigenvalue weighted by Crippen LogP contribution is 2.72. The molecular weight excluding hydrogens is 456 g/mol. The molecule has 1 N–H and O–H groups in total. The average Bonchev–Trinajstić information content (AvgIpc) is 3.16. The van der Waals surface area contributed by atoms with Gasteiger partial charge in [0.15, 0.2) is 0 Å². The van der Waals surface area contributed by atoms with Crippen LogP contribution >= 0.6 is 15.9 Å². The molecule has 0 unspecified atom stereocenters. The lowest BCUT2D eigenvalue weighted by atomic mass is 9.45. The fourth-order valence-electron chi connectivity index (χ4n) is 8.63. The molecule has 2 bridgehead atoms. The lowest BCUT2D eigenvalue weighted by Gasteiger charge is -2.62. The van der Waals surface area contributed by atoms with Crippen LogP contribution in [0.4, 0.5) is 0 Å².